The van der Waals surface area contributed by atoms with Crippen molar-refractivity contribution >= 4 is 79.7 Å². The van der Waals surface area contributed by atoms with Crippen molar-refractivity contribution in [1.29, 1.82) is 0 Å². The number of nitrogen functional groups attached to an aromatic ring is 2. The predicted molar refractivity (Wildman–Crippen MR) is 185 cm³/mol. The number of nitrogens with one attached hydrogen (secondary N) is 2. The fourth-order valence-electron chi connectivity index (χ4n) is 6.60. The molecule has 7 N–H and O–H groups in total. The topological polar surface area (TPSA) is 140 Å². The zero-order chi connectivity index (χ0) is 31.5. The second-order valence-corrected chi connectivity index (χ2v) is 11.8. The lowest BCUT2D eigenvalue weighted by Gasteiger charge is -2.14. The summed E-state index contributed by atoms with van der Waals surface area (Å²) in [5.74, 6) is -0.352. The number of hydrogen-bond acceptors (Lipinski definition) is 5. The van der Waals surface area contributed by atoms with Gasteiger partial charge in [-0.2, -0.15) is 0 Å². The molecule has 9 nitrogen and oxygen atoms in total. The number of anilines is 4. The first-order chi connectivity index (χ1) is 22.3. The van der Waals surface area contributed by atoms with Crippen molar-refractivity contribution in [2.45, 2.75) is 19.2 Å². The van der Waals surface area contributed by atoms with Crippen molar-refractivity contribution in [3.05, 3.63) is 120 Å². The third kappa shape index (κ3) is 4.61. The Morgan fingerprint density at radius 1 is 0.652 bits per heavy atom. The van der Waals surface area contributed by atoms with Gasteiger partial charge in [-0.15, -0.1) is 0 Å². The maximum absolute atomic E-state index is 12.9. The molecule has 9 heteroatoms. The molecule has 226 valence electrons. The van der Waals surface area contributed by atoms with Crippen LogP contribution in [0.15, 0.2) is 97.3 Å². The Morgan fingerprint density at radius 3 is 1.54 bits per heavy atom. The minimum absolute atomic E-state index is 0.176. The van der Waals surface area contributed by atoms with Crippen LogP contribution in [0.3, 0.4) is 0 Å². The summed E-state index contributed by atoms with van der Waals surface area (Å²) in [5, 5.41) is 19.2. The molecule has 0 atom stereocenters. The van der Waals surface area contributed by atoms with Crippen LogP contribution in [0.1, 0.15) is 22.3 Å². The Balaban J connectivity index is 1.11. The number of fused-ring (bicyclic) bond motifs is 4. The average molecular weight is 607 g/mol. The standard InChI is InChI=1S/C37H30N6O3/c38-23-9-11-32-28(15-23)30(36(45)40-32)13-21-17-42(34-7-3-1-5-26(21)34)19-25(44)20-43-18-22(27-6-2-4-8-35(27)43)14-31-29-16-24(39)10-12-33(29)41-37(31)46/h1-18,25,44H,19-20,38-39H2,(H,40,45)(H,41,46)/b30-13-,31-14-. The Morgan fingerprint density at radius 2 is 1.09 bits per heavy atom. The van der Waals surface area contributed by atoms with Gasteiger partial charge in [0.1, 0.15) is 0 Å². The monoisotopic (exact) mass is 606 g/mol. The summed E-state index contributed by atoms with van der Waals surface area (Å²) >= 11 is 0. The maximum atomic E-state index is 12.9. The molecule has 0 fully saturated rings. The van der Waals surface area contributed by atoms with E-state index < -0.39 is 6.10 Å². The van der Waals surface area contributed by atoms with E-state index in [1.807, 2.05) is 94.3 Å². The molecule has 46 heavy (non-hydrogen) atoms. The number of rotatable bonds is 6. The smallest absolute Gasteiger partial charge is 0.256 e. The zero-order valence-corrected chi connectivity index (χ0v) is 24.7. The van der Waals surface area contributed by atoms with Gasteiger partial charge in [0.2, 0.25) is 0 Å². The number of aliphatic hydroxyl groups excluding tert-OH is 1. The molecule has 2 aliphatic heterocycles. The van der Waals surface area contributed by atoms with Crippen molar-refractivity contribution in [1.82, 2.24) is 9.13 Å². The molecule has 0 bridgehead atoms. The number of nitrogens with two attached hydrogens (primary N) is 2. The molecular formula is C37H30N6O3. The van der Waals surface area contributed by atoms with E-state index in [0.29, 0.717) is 35.6 Å². The van der Waals surface area contributed by atoms with Crippen LogP contribution >= 0.6 is 0 Å². The number of para-hydroxylation sites is 2. The number of amides is 2. The fourth-order valence-corrected chi connectivity index (χ4v) is 6.60. The van der Waals surface area contributed by atoms with Gasteiger partial charge in [0, 0.05) is 90.3 Å². The summed E-state index contributed by atoms with van der Waals surface area (Å²) in [6, 6.07) is 26.7. The lowest BCUT2D eigenvalue weighted by molar-refractivity contribution is -0.111. The van der Waals surface area contributed by atoms with Gasteiger partial charge in [-0.25, -0.2) is 0 Å². The van der Waals surface area contributed by atoms with Crippen molar-refractivity contribution in [2.75, 3.05) is 22.1 Å². The van der Waals surface area contributed by atoms with Gasteiger partial charge in [0.25, 0.3) is 11.8 Å². The van der Waals surface area contributed by atoms with E-state index in [1.54, 1.807) is 24.3 Å². The highest BCUT2D eigenvalue weighted by molar-refractivity contribution is 6.36. The molecule has 2 amide bonds. The third-order valence-corrected chi connectivity index (χ3v) is 8.71. The van der Waals surface area contributed by atoms with E-state index in [2.05, 4.69) is 10.6 Å². The van der Waals surface area contributed by atoms with Crippen LogP contribution in [-0.4, -0.2) is 32.2 Å². The van der Waals surface area contributed by atoms with Crippen LogP contribution in [-0.2, 0) is 22.7 Å². The molecular weight excluding hydrogens is 576 g/mol. The number of hydrogen-bond donors (Lipinski definition) is 5. The van der Waals surface area contributed by atoms with Crippen LogP contribution in [0.5, 0.6) is 0 Å². The highest BCUT2D eigenvalue weighted by Gasteiger charge is 2.26. The Labute approximate surface area is 264 Å². The second-order valence-electron chi connectivity index (χ2n) is 11.8. The molecule has 0 radical (unpaired) electrons. The number of aromatic nitrogens is 2. The first-order valence-corrected chi connectivity index (χ1v) is 15.0. The Hall–Kier alpha value is -6.06. The van der Waals surface area contributed by atoms with Crippen molar-refractivity contribution in [3.63, 3.8) is 0 Å². The summed E-state index contributed by atoms with van der Waals surface area (Å²) < 4.78 is 4.05. The fraction of sp³-hybridized carbons (Fsp3) is 0.0811. The normalized spacial score (nSPS) is 16.3. The van der Waals surface area contributed by atoms with E-state index in [0.717, 1.165) is 55.4 Å². The molecule has 0 spiro atoms. The van der Waals surface area contributed by atoms with Gasteiger partial charge in [0.15, 0.2) is 0 Å². The molecule has 2 aromatic heterocycles. The van der Waals surface area contributed by atoms with E-state index in [4.69, 9.17) is 11.5 Å². The largest absolute Gasteiger partial charge is 0.399 e. The van der Waals surface area contributed by atoms with Crippen molar-refractivity contribution < 1.29 is 14.7 Å². The molecule has 6 aromatic rings. The van der Waals surface area contributed by atoms with Gasteiger partial charge >= 0.3 is 0 Å². The summed E-state index contributed by atoms with van der Waals surface area (Å²) in [4.78, 5) is 25.8. The molecule has 0 saturated heterocycles. The van der Waals surface area contributed by atoms with E-state index in [9.17, 15) is 14.7 Å². The first kappa shape index (κ1) is 27.5. The Kier molecular flexibility index (Phi) is 6.30. The van der Waals surface area contributed by atoms with Crippen LogP contribution in [0, 0.1) is 0 Å². The number of carbonyl (C=O) groups is 2. The lowest BCUT2D eigenvalue weighted by Crippen LogP contribution is -2.21. The van der Waals surface area contributed by atoms with Crippen LogP contribution in [0.25, 0.3) is 45.1 Å². The molecule has 0 saturated carbocycles. The SMILES string of the molecule is Nc1ccc2c(c1)/C(=C/c1cn(CC(O)Cn3cc(/C=C4\C(=O)Nc5ccc(N)cc54)c4ccccc43)c3ccccc13)C(=O)N2. The molecule has 8 rings (SSSR count). The summed E-state index contributed by atoms with van der Waals surface area (Å²) in [5.41, 5.74) is 21.0. The molecule has 4 heterocycles. The third-order valence-electron chi connectivity index (χ3n) is 8.71. The highest BCUT2D eigenvalue weighted by Crippen LogP contribution is 2.37. The highest BCUT2D eigenvalue weighted by atomic mass is 16.3. The van der Waals surface area contributed by atoms with Crippen molar-refractivity contribution in [2.24, 2.45) is 0 Å². The van der Waals surface area contributed by atoms with Gasteiger partial charge in [0.05, 0.1) is 19.2 Å². The summed E-state index contributed by atoms with van der Waals surface area (Å²) in [7, 11) is 0. The average Bonchev–Trinajstić information content (AvgIpc) is 3.75. The molecule has 0 aliphatic carbocycles. The molecule has 0 unspecified atom stereocenters. The van der Waals surface area contributed by atoms with E-state index >= 15 is 0 Å². The van der Waals surface area contributed by atoms with Crippen molar-refractivity contribution in [3.8, 4) is 0 Å². The zero-order valence-electron chi connectivity index (χ0n) is 24.7. The lowest BCUT2D eigenvalue weighted by atomic mass is 10.0. The minimum Gasteiger partial charge on any atom is -0.399 e. The maximum Gasteiger partial charge on any atom is 0.256 e. The molecule has 2 aliphatic rings. The first-order valence-electron chi connectivity index (χ1n) is 15.0. The number of aliphatic hydroxyl groups is 1. The number of nitrogens with zero attached hydrogens (tertiary/aromatic N) is 2. The van der Waals surface area contributed by atoms with Gasteiger partial charge in [-0.3, -0.25) is 9.59 Å². The van der Waals surface area contributed by atoms with Gasteiger partial charge < -0.3 is 36.3 Å². The van der Waals surface area contributed by atoms with Crippen LogP contribution in [0.2, 0.25) is 0 Å². The minimum atomic E-state index is -0.738. The summed E-state index contributed by atoms with van der Waals surface area (Å²) in [6.07, 6.45) is 6.98. The number of carbonyl (C=O) groups excluding carboxylic acids is 2. The van der Waals surface area contributed by atoms with E-state index in [1.165, 1.54) is 0 Å². The summed E-state index contributed by atoms with van der Waals surface area (Å²) in [6.45, 7) is 0.662. The Bertz CT molecular complexity index is 2150. The van der Waals surface area contributed by atoms with E-state index in [-0.39, 0.29) is 11.8 Å². The quantitative estimate of drug-likeness (QED) is 0.120. The van der Waals surface area contributed by atoms with Crippen LogP contribution < -0.4 is 22.1 Å². The predicted octanol–water partition coefficient (Wildman–Crippen LogP) is 5.81. The number of benzene rings is 4. The van der Waals surface area contributed by atoms with Gasteiger partial charge in [-0.05, 0) is 60.7 Å². The second kappa shape index (κ2) is 10.5. The molecule has 4 aromatic carbocycles. The van der Waals surface area contributed by atoms with Crippen LogP contribution in [0.4, 0.5) is 22.7 Å². The van der Waals surface area contributed by atoms with Gasteiger partial charge in [-0.1, -0.05) is 36.4 Å².